The molecule has 0 saturated carbocycles. The fraction of sp³-hybridized carbons (Fsp3) is 0.435. The number of nitrogens with zero attached hydrogens (tertiary/aromatic N) is 2. The number of likely N-dealkylation sites (tertiary alicyclic amines) is 1. The fourth-order valence-electron chi connectivity index (χ4n) is 3.62. The van der Waals surface area contributed by atoms with Crippen LogP contribution in [0.25, 0.3) is 10.2 Å². The lowest BCUT2D eigenvalue weighted by Gasteiger charge is -2.31. The number of hydrogen-bond donors (Lipinski definition) is 1. The second-order valence-corrected chi connectivity index (χ2v) is 9.77. The van der Waals surface area contributed by atoms with Crippen LogP contribution in [0.4, 0.5) is 0 Å². The van der Waals surface area contributed by atoms with Gasteiger partial charge in [0, 0.05) is 30.3 Å². The summed E-state index contributed by atoms with van der Waals surface area (Å²) < 4.78 is 7.90. The minimum Gasteiger partial charge on any atom is -0.396 e. The first-order valence-corrected chi connectivity index (χ1v) is 12.1. The van der Waals surface area contributed by atoms with E-state index in [1.54, 1.807) is 23.1 Å². The SMILES string of the molecule is CN1CCC(OC(c2cccc(SCCCO)c2)c2nc3ccccc3s2)CC1. The summed E-state index contributed by atoms with van der Waals surface area (Å²) in [7, 11) is 2.17. The van der Waals surface area contributed by atoms with Crippen molar-refractivity contribution in [2.45, 2.75) is 36.4 Å². The van der Waals surface area contributed by atoms with Crippen molar-refractivity contribution in [2.24, 2.45) is 0 Å². The van der Waals surface area contributed by atoms with E-state index in [0.717, 1.165) is 54.2 Å². The van der Waals surface area contributed by atoms with Gasteiger partial charge in [-0.15, -0.1) is 23.1 Å². The van der Waals surface area contributed by atoms with Crippen LogP contribution in [0.15, 0.2) is 53.4 Å². The molecule has 0 amide bonds. The molecule has 1 fully saturated rings. The van der Waals surface area contributed by atoms with E-state index in [0.29, 0.717) is 0 Å². The summed E-state index contributed by atoms with van der Waals surface area (Å²) in [6.45, 7) is 2.39. The van der Waals surface area contributed by atoms with Crippen LogP contribution in [-0.4, -0.2) is 53.6 Å². The Hall–Kier alpha value is -1.44. The van der Waals surface area contributed by atoms with Crippen LogP contribution in [0.1, 0.15) is 35.9 Å². The summed E-state index contributed by atoms with van der Waals surface area (Å²) in [5, 5.41) is 10.1. The largest absolute Gasteiger partial charge is 0.396 e. The van der Waals surface area contributed by atoms with Crippen LogP contribution >= 0.6 is 23.1 Å². The zero-order valence-corrected chi connectivity index (χ0v) is 18.4. The molecule has 1 aliphatic heterocycles. The Balaban J connectivity index is 1.61. The van der Waals surface area contributed by atoms with Gasteiger partial charge in [0.25, 0.3) is 0 Å². The lowest BCUT2D eigenvalue weighted by molar-refractivity contribution is -0.0235. The maximum atomic E-state index is 9.06. The summed E-state index contributed by atoms with van der Waals surface area (Å²) in [4.78, 5) is 8.50. The molecule has 0 radical (unpaired) electrons. The van der Waals surface area contributed by atoms with Gasteiger partial charge in [-0.3, -0.25) is 0 Å². The molecule has 1 saturated heterocycles. The molecule has 154 valence electrons. The van der Waals surface area contributed by atoms with Gasteiger partial charge in [-0.05, 0) is 56.1 Å². The molecule has 1 unspecified atom stereocenters. The molecule has 0 spiro atoms. The number of aliphatic hydroxyl groups is 1. The molecule has 1 N–H and O–H groups in total. The first-order chi connectivity index (χ1) is 14.2. The van der Waals surface area contributed by atoms with Crippen LogP contribution in [0.3, 0.4) is 0 Å². The van der Waals surface area contributed by atoms with Crippen molar-refractivity contribution in [1.82, 2.24) is 9.88 Å². The Labute approximate surface area is 180 Å². The topological polar surface area (TPSA) is 45.6 Å². The number of hydrogen-bond acceptors (Lipinski definition) is 6. The zero-order valence-electron chi connectivity index (χ0n) is 16.8. The summed E-state index contributed by atoms with van der Waals surface area (Å²) in [6.07, 6.45) is 3.04. The summed E-state index contributed by atoms with van der Waals surface area (Å²) in [5.74, 6) is 0.918. The molecule has 0 aliphatic carbocycles. The van der Waals surface area contributed by atoms with Gasteiger partial charge in [-0.2, -0.15) is 0 Å². The van der Waals surface area contributed by atoms with E-state index in [4.69, 9.17) is 14.8 Å². The predicted molar refractivity (Wildman–Crippen MR) is 122 cm³/mol. The number of rotatable bonds is 8. The summed E-state index contributed by atoms with van der Waals surface area (Å²) in [5.41, 5.74) is 2.20. The molecular weight excluding hydrogens is 400 g/mol. The van der Waals surface area contributed by atoms with Gasteiger partial charge in [0.05, 0.1) is 16.3 Å². The number of benzene rings is 2. The first-order valence-electron chi connectivity index (χ1n) is 10.3. The van der Waals surface area contributed by atoms with Crippen molar-refractivity contribution < 1.29 is 9.84 Å². The highest BCUT2D eigenvalue weighted by atomic mass is 32.2. The molecule has 1 atom stereocenters. The van der Waals surface area contributed by atoms with Crippen molar-refractivity contribution in [3.8, 4) is 0 Å². The number of ether oxygens (including phenoxy) is 1. The molecule has 29 heavy (non-hydrogen) atoms. The predicted octanol–water partition coefficient (Wildman–Crippen LogP) is 4.97. The lowest BCUT2D eigenvalue weighted by Crippen LogP contribution is -2.35. The Bertz CT molecular complexity index is 889. The van der Waals surface area contributed by atoms with Crippen molar-refractivity contribution in [3.05, 3.63) is 59.1 Å². The smallest absolute Gasteiger partial charge is 0.134 e. The van der Waals surface area contributed by atoms with Gasteiger partial charge in [-0.1, -0.05) is 24.3 Å². The van der Waals surface area contributed by atoms with Gasteiger partial charge in [0.15, 0.2) is 0 Å². The molecule has 2 aromatic carbocycles. The molecular formula is C23H28N2O2S2. The molecule has 1 aliphatic rings. The molecule has 1 aromatic heterocycles. The third-order valence-electron chi connectivity index (χ3n) is 5.26. The number of aliphatic hydroxyl groups excluding tert-OH is 1. The van der Waals surface area contributed by atoms with E-state index in [-0.39, 0.29) is 18.8 Å². The van der Waals surface area contributed by atoms with Crippen LogP contribution in [0.2, 0.25) is 0 Å². The summed E-state index contributed by atoms with van der Waals surface area (Å²) >= 11 is 3.51. The minimum absolute atomic E-state index is 0.140. The fourth-order valence-corrected chi connectivity index (χ4v) is 5.55. The number of thioether (sulfide) groups is 1. The third kappa shape index (κ3) is 5.38. The lowest BCUT2D eigenvalue weighted by atomic mass is 10.1. The van der Waals surface area contributed by atoms with Crippen molar-refractivity contribution >= 4 is 33.3 Å². The average molecular weight is 429 g/mol. The molecule has 0 bridgehead atoms. The van der Waals surface area contributed by atoms with Gasteiger partial charge in [0.2, 0.25) is 0 Å². The highest BCUT2D eigenvalue weighted by Crippen LogP contribution is 2.36. The van der Waals surface area contributed by atoms with Gasteiger partial charge < -0.3 is 14.7 Å². The van der Waals surface area contributed by atoms with E-state index in [9.17, 15) is 0 Å². The van der Waals surface area contributed by atoms with E-state index in [1.165, 1.54) is 9.60 Å². The first kappa shape index (κ1) is 20.8. The van der Waals surface area contributed by atoms with Crippen molar-refractivity contribution in [2.75, 3.05) is 32.5 Å². The third-order valence-corrected chi connectivity index (χ3v) is 7.42. The van der Waals surface area contributed by atoms with E-state index >= 15 is 0 Å². The van der Waals surface area contributed by atoms with Crippen LogP contribution in [0.5, 0.6) is 0 Å². The quantitative estimate of drug-likeness (QED) is 0.405. The monoisotopic (exact) mass is 428 g/mol. The highest BCUT2D eigenvalue weighted by Gasteiger charge is 2.26. The number of piperidine rings is 1. The number of para-hydroxylation sites is 1. The average Bonchev–Trinajstić information content (AvgIpc) is 3.17. The van der Waals surface area contributed by atoms with Crippen molar-refractivity contribution in [3.63, 3.8) is 0 Å². The number of aromatic nitrogens is 1. The van der Waals surface area contributed by atoms with E-state index < -0.39 is 0 Å². The Morgan fingerprint density at radius 1 is 1.21 bits per heavy atom. The molecule has 3 aromatic rings. The maximum absolute atomic E-state index is 9.06. The Morgan fingerprint density at radius 2 is 2.03 bits per heavy atom. The van der Waals surface area contributed by atoms with Gasteiger partial charge in [-0.25, -0.2) is 4.98 Å². The molecule has 2 heterocycles. The van der Waals surface area contributed by atoms with Gasteiger partial charge >= 0.3 is 0 Å². The second-order valence-electron chi connectivity index (χ2n) is 7.54. The molecule has 4 rings (SSSR count). The maximum Gasteiger partial charge on any atom is 0.134 e. The number of fused-ring (bicyclic) bond motifs is 1. The van der Waals surface area contributed by atoms with E-state index in [1.807, 2.05) is 6.07 Å². The van der Waals surface area contributed by atoms with Crippen LogP contribution < -0.4 is 0 Å². The molecule has 4 nitrogen and oxygen atoms in total. The summed E-state index contributed by atoms with van der Waals surface area (Å²) in [6, 6.07) is 16.9. The zero-order chi connectivity index (χ0) is 20.1. The van der Waals surface area contributed by atoms with Crippen LogP contribution in [-0.2, 0) is 4.74 Å². The van der Waals surface area contributed by atoms with E-state index in [2.05, 4.69) is 54.4 Å². The Kier molecular flexibility index (Phi) is 7.21. The molecule has 6 heteroatoms. The number of thiazole rings is 1. The Morgan fingerprint density at radius 3 is 2.83 bits per heavy atom. The normalized spacial score (nSPS) is 17.0. The highest BCUT2D eigenvalue weighted by molar-refractivity contribution is 7.99. The second kappa shape index (κ2) is 10.0. The van der Waals surface area contributed by atoms with Crippen LogP contribution in [0, 0.1) is 0 Å². The minimum atomic E-state index is -0.140. The van der Waals surface area contributed by atoms with Gasteiger partial charge in [0.1, 0.15) is 11.1 Å². The van der Waals surface area contributed by atoms with Crippen molar-refractivity contribution in [1.29, 1.82) is 0 Å². The standard InChI is InChI=1S/C23H28N2O2S2/c1-25-12-10-18(11-13-25)27-22(23-24-20-8-2-3-9-21(20)29-23)17-6-4-7-19(16-17)28-15-5-14-26/h2-4,6-9,16,18,22,26H,5,10-15H2,1H3.